The van der Waals surface area contributed by atoms with Crippen LogP contribution in [-0.2, 0) is 23.7 Å². The summed E-state index contributed by atoms with van der Waals surface area (Å²) < 4.78 is 27.2. The minimum atomic E-state index is -1.17. The minimum absolute atomic E-state index is 0.110. The van der Waals surface area contributed by atoms with Crippen LogP contribution in [0.15, 0.2) is 12.2 Å². The van der Waals surface area contributed by atoms with Crippen molar-refractivity contribution in [1.82, 2.24) is 0 Å². The first-order chi connectivity index (χ1) is 20.6. The number of ether oxygens (including phenoxy) is 4. The van der Waals surface area contributed by atoms with Crippen molar-refractivity contribution in [2.45, 2.75) is 211 Å². The second-order valence-corrected chi connectivity index (χ2v) is 13.7. The van der Waals surface area contributed by atoms with Crippen molar-refractivity contribution in [2.75, 3.05) is 6.61 Å². The summed E-state index contributed by atoms with van der Waals surface area (Å²) in [7, 11) is 0. The summed E-state index contributed by atoms with van der Waals surface area (Å²) in [5.41, 5.74) is 0.426. The van der Waals surface area contributed by atoms with Crippen molar-refractivity contribution in [3.8, 4) is 0 Å². The maximum atomic E-state index is 12.4. The molecule has 0 aliphatic heterocycles. The van der Waals surface area contributed by atoms with E-state index in [0.717, 1.165) is 38.5 Å². The lowest BCUT2D eigenvalue weighted by atomic mass is 9.98. The zero-order chi connectivity index (χ0) is 29.7. The summed E-state index contributed by atoms with van der Waals surface area (Å²) in [6.45, 7) is 5.72. The number of rotatable bonds is 10. The Bertz CT molecular complexity index is 622. The molecule has 0 bridgehead atoms. The van der Waals surface area contributed by atoms with Crippen LogP contribution in [0.1, 0.15) is 187 Å². The van der Waals surface area contributed by atoms with Gasteiger partial charge in [0.1, 0.15) is 0 Å². The minimum Gasteiger partial charge on any atom is -0.462 e. The van der Waals surface area contributed by atoms with Gasteiger partial charge in [0.05, 0.1) is 31.3 Å². The fraction of sp³-hybridized carbons (Fsp3) is 0.919. The fourth-order valence-electron chi connectivity index (χ4n) is 7.08. The maximum absolute atomic E-state index is 12.4. The molecule has 5 heteroatoms. The molecule has 0 spiro atoms. The van der Waals surface area contributed by atoms with Crippen LogP contribution in [0.2, 0.25) is 0 Å². The van der Waals surface area contributed by atoms with Gasteiger partial charge >= 0.3 is 5.97 Å². The molecule has 0 heterocycles. The van der Waals surface area contributed by atoms with Crippen molar-refractivity contribution >= 4 is 5.97 Å². The van der Waals surface area contributed by atoms with Crippen LogP contribution < -0.4 is 0 Å². The van der Waals surface area contributed by atoms with E-state index in [-0.39, 0.29) is 30.9 Å². The number of hydrogen-bond donors (Lipinski definition) is 0. The predicted molar refractivity (Wildman–Crippen MR) is 172 cm³/mol. The molecule has 0 aromatic heterocycles. The first-order valence-electron chi connectivity index (χ1n) is 18.4. The smallest absolute Gasteiger partial charge is 0.333 e. The van der Waals surface area contributed by atoms with Crippen LogP contribution in [-0.4, -0.2) is 36.9 Å². The highest BCUT2D eigenvalue weighted by Gasteiger charge is 2.41. The van der Waals surface area contributed by atoms with Crippen LogP contribution >= 0.6 is 0 Å². The van der Waals surface area contributed by atoms with Crippen molar-refractivity contribution in [3.05, 3.63) is 12.2 Å². The molecule has 0 unspecified atom stereocenters. The van der Waals surface area contributed by atoms with E-state index >= 15 is 0 Å². The summed E-state index contributed by atoms with van der Waals surface area (Å²) >= 11 is 0. The molecule has 3 aliphatic rings. The lowest BCUT2D eigenvalue weighted by Crippen LogP contribution is -2.48. The average Bonchev–Trinajstić information content (AvgIpc) is 2.99. The SMILES string of the molecule is C=C(C)C(=O)OCCC(OC1CCCCCCCCC1)(OC1CCCCCCCCC1)OC1CCCCCCCCC1. The molecule has 0 aromatic carbocycles. The van der Waals surface area contributed by atoms with E-state index in [1.54, 1.807) is 6.92 Å². The molecule has 0 amide bonds. The summed E-state index contributed by atoms with van der Waals surface area (Å²) in [5, 5.41) is 0. The molecule has 0 aromatic rings. The van der Waals surface area contributed by atoms with E-state index in [9.17, 15) is 4.79 Å². The van der Waals surface area contributed by atoms with Crippen LogP contribution in [0.3, 0.4) is 0 Å². The van der Waals surface area contributed by atoms with Gasteiger partial charge in [-0.25, -0.2) is 4.79 Å². The Hall–Kier alpha value is -0.910. The summed E-state index contributed by atoms with van der Waals surface area (Å²) in [6.07, 6.45) is 33.9. The topological polar surface area (TPSA) is 54.0 Å². The number of carbonyl (C=O) groups excluding carboxylic acids is 1. The molecule has 244 valence electrons. The van der Waals surface area contributed by atoms with Gasteiger partial charge in [-0.15, -0.1) is 0 Å². The van der Waals surface area contributed by atoms with Gasteiger partial charge in [0.15, 0.2) is 0 Å². The van der Waals surface area contributed by atoms with Gasteiger partial charge in [0.25, 0.3) is 5.97 Å². The Balaban J connectivity index is 1.85. The highest BCUT2D eigenvalue weighted by molar-refractivity contribution is 5.86. The molecule has 0 radical (unpaired) electrons. The molecule has 5 nitrogen and oxygen atoms in total. The third kappa shape index (κ3) is 15.2. The molecule has 3 rings (SSSR count). The van der Waals surface area contributed by atoms with E-state index < -0.39 is 5.97 Å². The van der Waals surface area contributed by atoms with E-state index in [0.29, 0.717) is 12.0 Å². The maximum Gasteiger partial charge on any atom is 0.333 e. The van der Waals surface area contributed by atoms with E-state index in [1.165, 1.54) is 135 Å². The number of hydrogen-bond acceptors (Lipinski definition) is 5. The monoisotopic (exact) mass is 590 g/mol. The predicted octanol–water partition coefficient (Wildman–Crippen LogP) is 10.9. The lowest BCUT2D eigenvalue weighted by Gasteiger charge is -2.42. The third-order valence-corrected chi connectivity index (χ3v) is 9.69. The van der Waals surface area contributed by atoms with Crippen LogP contribution in [0.5, 0.6) is 0 Å². The van der Waals surface area contributed by atoms with Gasteiger partial charge in [-0.3, -0.25) is 0 Å². The Morgan fingerprint density at radius 3 is 1.05 bits per heavy atom. The van der Waals surface area contributed by atoms with Crippen molar-refractivity contribution in [1.29, 1.82) is 0 Å². The Kier molecular flexibility index (Phi) is 18.4. The first kappa shape index (κ1) is 35.6. The van der Waals surface area contributed by atoms with Gasteiger partial charge in [0.2, 0.25) is 0 Å². The molecule has 3 saturated carbocycles. The zero-order valence-corrected chi connectivity index (χ0v) is 27.5. The van der Waals surface area contributed by atoms with E-state index in [1.807, 2.05) is 0 Å². The summed E-state index contributed by atoms with van der Waals surface area (Å²) in [5.74, 6) is -1.52. The zero-order valence-electron chi connectivity index (χ0n) is 27.5. The average molecular weight is 591 g/mol. The summed E-state index contributed by atoms with van der Waals surface area (Å²) in [4.78, 5) is 12.4. The van der Waals surface area contributed by atoms with Crippen LogP contribution in [0, 0.1) is 0 Å². The molecular weight excluding hydrogens is 524 g/mol. The highest BCUT2D eigenvalue weighted by atomic mass is 16.9. The van der Waals surface area contributed by atoms with E-state index in [4.69, 9.17) is 18.9 Å². The van der Waals surface area contributed by atoms with E-state index in [2.05, 4.69) is 6.58 Å². The standard InChI is InChI=1S/C37H66O5/c1-32(2)36(38)39-31-30-37(40-33-24-18-12-6-3-7-13-19-25-33,41-34-26-20-14-8-4-9-15-21-27-34)42-35-28-22-16-10-5-11-17-23-29-35/h33-35H,1,3-31H2,2H3. The quantitative estimate of drug-likeness (QED) is 0.144. The molecule has 3 aliphatic carbocycles. The van der Waals surface area contributed by atoms with Crippen molar-refractivity contribution < 1.29 is 23.7 Å². The van der Waals surface area contributed by atoms with Crippen molar-refractivity contribution in [3.63, 3.8) is 0 Å². The molecular formula is C37H66O5. The number of esters is 1. The normalized spacial score (nSPS) is 23.1. The summed E-state index contributed by atoms with van der Waals surface area (Å²) in [6, 6.07) is 0. The Labute approximate surface area is 259 Å². The highest BCUT2D eigenvalue weighted by Crippen LogP contribution is 2.35. The van der Waals surface area contributed by atoms with Gasteiger partial charge < -0.3 is 18.9 Å². The molecule has 42 heavy (non-hydrogen) atoms. The molecule has 0 saturated heterocycles. The molecule has 3 fully saturated rings. The van der Waals surface area contributed by atoms with Gasteiger partial charge in [-0.2, -0.15) is 0 Å². The van der Waals surface area contributed by atoms with Crippen LogP contribution in [0.4, 0.5) is 0 Å². The number of carbonyl (C=O) groups is 1. The molecule has 0 atom stereocenters. The second-order valence-electron chi connectivity index (χ2n) is 13.7. The van der Waals surface area contributed by atoms with Gasteiger partial charge in [-0.05, 0) is 45.4 Å². The Morgan fingerprint density at radius 2 is 0.786 bits per heavy atom. The molecule has 0 N–H and O–H groups in total. The lowest BCUT2D eigenvalue weighted by molar-refractivity contribution is -0.424. The second kappa shape index (κ2) is 21.7. The van der Waals surface area contributed by atoms with Crippen LogP contribution in [0.25, 0.3) is 0 Å². The largest absolute Gasteiger partial charge is 0.462 e. The Morgan fingerprint density at radius 1 is 0.524 bits per heavy atom. The fourth-order valence-corrected chi connectivity index (χ4v) is 7.08. The first-order valence-corrected chi connectivity index (χ1v) is 18.4. The van der Waals surface area contributed by atoms with Crippen molar-refractivity contribution in [2.24, 2.45) is 0 Å². The van der Waals surface area contributed by atoms with Gasteiger partial charge in [-0.1, -0.05) is 141 Å². The van der Waals surface area contributed by atoms with Gasteiger partial charge in [0, 0.05) is 5.57 Å². The third-order valence-electron chi connectivity index (χ3n) is 9.69.